The Morgan fingerprint density at radius 2 is 1.92 bits per heavy atom. The van der Waals surface area contributed by atoms with Crippen molar-refractivity contribution >= 4 is 23.2 Å². The molecule has 2 aromatic rings. The smallest absolute Gasteiger partial charge is 0.391 e. The first kappa shape index (κ1) is 17.9. The number of carbonyl (C=O) groups excluding carboxylic acids is 1. The molecular weight excluding hydrogens is 345 g/mol. The summed E-state index contributed by atoms with van der Waals surface area (Å²) in [7, 11) is 0. The van der Waals surface area contributed by atoms with Crippen molar-refractivity contribution in [1.82, 2.24) is 10.3 Å². The Bertz CT molecular complexity index is 716. The fourth-order valence-corrected chi connectivity index (χ4v) is 2.77. The van der Waals surface area contributed by atoms with Gasteiger partial charge in [0.15, 0.2) is 0 Å². The molecule has 1 amide bonds. The van der Waals surface area contributed by atoms with E-state index in [4.69, 9.17) is 5.11 Å². The van der Waals surface area contributed by atoms with E-state index in [9.17, 15) is 22.8 Å². The average Bonchev–Trinajstić information content (AvgIpc) is 2.94. The Hall–Kier alpha value is -2.42. The zero-order chi connectivity index (χ0) is 17.7. The number of amides is 1. The molecular formula is C15H13F3N2O3S. The summed E-state index contributed by atoms with van der Waals surface area (Å²) in [6, 6.07) is 7.18. The predicted octanol–water partition coefficient (Wildman–Crippen LogP) is 2.87. The third-order valence-corrected chi connectivity index (χ3v) is 3.92. The number of thiazole rings is 1. The molecule has 0 saturated heterocycles. The van der Waals surface area contributed by atoms with Gasteiger partial charge in [-0.3, -0.25) is 4.79 Å². The van der Waals surface area contributed by atoms with Gasteiger partial charge in [-0.25, -0.2) is 9.78 Å². The molecule has 1 aromatic carbocycles. The zero-order valence-corrected chi connectivity index (χ0v) is 13.0. The Balaban J connectivity index is 1.99. The lowest BCUT2D eigenvalue weighted by Gasteiger charge is -2.15. The van der Waals surface area contributed by atoms with Gasteiger partial charge in [-0.05, 0) is 0 Å². The van der Waals surface area contributed by atoms with Crippen LogP contribution in [-0.4, -0.2) is 34.2 Å². The number of carboxylic acid groups (broad SMARTS) is 1. The summed E-state index contributed by atoms with van der Waals surface area (Å²) in [5, 5.41) is 12.9. The van der Waals surface area contributed by atoms with Crippen LogP contribution in [0.25, 0.3) is 10.6 Å². The summed E-state index contributed by atoms with van der Waals surface area (Å²) in [4.78, 5) is 26.8. The van der Waals surface area contributed by atoms with E-state index in [1.54, 1.807) is 5.38 Å². The number of hydrogen-bond acceptors (Lipinski definition) is 4. The number of benzene rings is 1. The number of nitrogens with one attached hydrogen (secondary N) is 1. The summed E-state index contributed by atoms with van der Waals surface area (Å²) < 4.78 is 36.9. The lowest BCUT2D eigenvalue weighted by atomic mass is 10.2. The minimum absolute atomic E-state index is 0.287. The first-order chi connectivity index (χ1) is 11.2. The van der Waals surface area contributed by atoms with Crippen LogP contribution in [0.4, 0.5) is 13.2 Å². The maximum absolute atomic E-state index is 12.3. The largest absolute Gasteiger partial charge is 0.480 e. The molecule has 1 unspecified atom stereocenters. The van der Waals surface area contributed by atoms with Crippen molar-refractivity contribution in [1.29, 1.82) is 0 Å². The lowest BCUT2D eigenvalue weighted by molar-refractivity contribution is -0.159. The van der Waals surface area contributed by atoms with Crippen molar-refractivity contribution in [3.63, 3.8) is 0 Å². The maximum atomic E-state index is 12.3. The highest BCUT2D eigenvalue weighted by atomic mass is 32.1. The molecule has 0 aliphatic rings. The third-order valence-electron chi connectivity index (χ3n) is 2.98. The molecule has 0 spiro atoms. The summed E-state index contributed by atoms with van der Waals surface area (Å²) in [6.45, 7) is 0. The highest BCUT2D eigenvalue weighted by Gasteiger charge is 2.36. The van der Waals surface area contributed by atoms with E-state index in [1.165, 1.54) is 11.3 Å². The van der Waals surface area contributed by atoms with Crippen LogP contribution in [0.15, 0.2) is 35.7 Å². The number of carboxylic acids is 1. The van der Waals surface area contributed by atoms with Crippen molar-refractivity contribution in [3.05, 3.63) is 41.4 Å². The highest BCUT2D eigenvalue weighted by Crippen LogP contribution is 2.24. The summed E-state index contributed by atoms with van der Waals surface area (Å²) >= 11 is 1.29. The Morgan fingerprint density at radius 1 is 1.25 bits per heavy atom. The minimum atomic E-state index is -4.68. The quantitative estimate of drug-likeness (QED) is 0.832. The molecule has 5 nitrogen and oxygen atoms in total. The fourth-order valence-electron chi connectivity index (χ4n) is 1.94. The van der Waals surface area contributed by atoms with Crippen LogP contribution in [0.3, 0.4) is 0 Å². The number of aliphatic carboxylic acids is 1. The van der Waals surface area contributed by atoms with Crippen molar-refractivity contribution in [2.45, 2.75) is 25.1 Å². The second-order valence-corrected chi connectivity index (χ2v) is 5.82. The zero-order valence-electron chi connectivity index (χ0n) is 12.2. The Kier molecular flexibility index (Phi) is 5.55. The number of alkyl halides is 3. The van der Waals surface area contributed by atoms with Gasteiger partial charge in [0.1, 0.15) is 11.0 Å². The van der Waals surface area contributed by atoms with Gasteiger partial charge in [0, 0.05) is 10.9 Å². The number of halogens is 3. The molecule has 9 heteroatoms. The normalized spacial score (nSPS) is 12.6. The van der Waals surface area contributed by atoms with E-state index < -0.39 is 30.5 Å². The van der Waals surface area contributed by atoms with Gasteiger partial charge >= 0.3 is 12.1 Å². The summed E-state index contributed by atoms with van der Waals surface area (Å²) in [5.74, 6) is -2.56. The van der Waals surface area contributed by atoms with E-state index in [1.807, 2.05) is 35.6 Å². The Morgan fingerprint density at radius 3 is 2.50 bits per heavy atom. The third kappa shape index (κ3) is 5.34. The number of hydrogen-bond donors (Lipinski definition) is 2. The van der Waals surface area contributed by atoms with E-state index in [-0.39, 0.29) is 6.42 Å². The number of carbonyl (C=O) groups is 2. The standard InChI is InChI=1S/C15H13F3N2O3S/c16-15(17,18)7-11(14(22)23)20-12(21)6-10-8-24-13(19-10)9-4-2-1-3-5-9/h1-5,8,11H,6-7H2,(H,20,21)(H,22,23). The summed E-state index contributed by atoms with van der Waals surface area (Å²) in [5.41, 5.74) is 1.22. The van der Waals surface area contributed by atoms with E-state index in [0.29, 0.717) is 10.7 Å². The van der Waals surface area contributed by atoms with Gasteiger partial charge < -0.3 is 10.4 Å². The molecule has 24 heavy (non-hydrogen) atoms. The Labute approximate surface area is 139 Å². The first-order valence-electron chi connectivity index (χ1n) is 6.83. The van der Waals surface area contributed by atoms with Crippen LogP contribution < -0.4 is 5.32 Å². The van der Waals surface area contributed by atoms with Crippen LogP contribution in [0.5, 0.6) is 0 Å². The average molecular weight is 358 g/mol. The molecule has 1 atom stereocenters. The molecule has 0 bridgehead atoms. The van der Waals surface area contributed by atoms with Gasteiger partial charge in [0.25, 0.3) is 0 Å². The van der Waals surface area contributed by atoms with Crippen LogP contribution in [0.1, 0.15) is 12.1 Å². The molecule has 0 saturated carbocycles. The molecule has 0 aliphatic heterocycles. The topological polar surface area (TPSA) is 79.3 Å². The maximum Gasteiger partial charge on any atom is 0.391 e. The van der Waals surface area contributed by atoms with Crippen LogP contribution >= 0.6 is 11.3 Å². The molecule has 1 heterocycles. The fraction of sp³-hybridized carbons (Fsp3) is 0.267. The minimum Gasteiger partial charge on any atom is -0.480 e. The second-order valence-electron chi connectivity index (χ2n) is 4.96. The van der Waals surface area contributed by atoms with Gasteiger partial charge in [0.2, 0.25) is 5.91 Å². The number of rotatable bonds is 6. The molecule has 2 N–H and O–H groups in total. The lowest BCUT2D eigenvalue weighted by Crippen LogP contribution is -2.44. The predicted molar refractivity (Wildman–Crippen MR) is 81.5 cm³/mol. The highest BCUT2D eigenvalue weighted by molar-refractivity contribution is 7.13. The van der Waals surface area contributed by atoms with Crippen molar-refractivity contribution in [2.75, 3.05) is 0 Å². The molecule has 0 fully saturated rings. The molecule has 0 aliphatic carbocycles. The van der Waals surface area contributed by atoms with Crippen molar-refractivity contribution < 1.29 is 27.9 Å². The first-order valence-corrected chi connectivity index (χ1v) is 7.71. The monoisotopic (exact) mass is 358 g/mol. The van der Waals surface area contributed by atoms with Crippen molar-refractivity contribution in [2.24, 2.45) is 0 Å². The molecule has 128 valence electrons. The van der Waals surface area contributed by atoms with E-state index >= 15 is 0 Å². The number of aromatic nitrogens is 1. The van der Waals surface area contributed by atoms with Gasteiger partial charge in [-0.2, -0.15) is 13.2 Å². The number of nitrogens with zero attached hydrogens (tertiary/aromatic N) is 1. The summed E-state index contributed by atoms with van der Waals surface area (Å²) in [6.07, 6.45) is -6.59. The molecule has 2 rings (SSSR count). The van der Waals surface area contributed by atoms with Gasteiger partial charge in [-0.15, -0.1) is 11.3 Å². The SMILES string of the molecule is O=C(Cc1csc(-c2ccccc2)n1)NC(CC(F)(F)F)C(=O)O. The second kappa shape index (κ2) is 7.43. The van der Waals surface area contributed by atoms with Crippen LogP contribution in [0, 0.1) is 0 Å². The van der Waals surface area contributed by atoms with Gasteiger partial charge in [0.05, 0.1) is 18.5 Å². The molecule has 0 radical (unpaired) electrons. The van der Waals surface area contributed by atoms with E-state index in [2.05, 4.69) is 4.98 Å². The molecule has 1 aromatic heterocycles. The van der Waals surface area contributed by atoms with E-state index in [0.717, 1.165) is 5.56 Å². The van der Waals surface area contributed by atoms with Crippen molar-refractivity contribution in [3.8, 4) is 10.6 Å². The van der Waals surface area contributed by atoms with Crippen LogP contribution in [-0.2, 0) is 16.0 Å². The van der Waals surface area contributed by atoms with Gasteiger partial charge in [-0.1, -0.05) is 30.3 Å². The van der Waals surface area contributed by atoms with Crippen LogP contribution in [0.2, 0.25) is 0 Å².